The van der Waals surface area contributed by atoms with Crippen molar-refractivity contribution >= 4 is 39.3 Å². The summed E-state index contributed by atoms with van der Waals surface area (Å²) in [6, 6.07) is 0.598. The van der Waals surface area contributed by atoms with Crippen molar-refractivity contribution in [3.63, 3.8) is 0 Å². The van der Waals surface area contributed by atoms with E-state index in [4.69, 9.17) is 5.11 Å². The number of halogens is 1. The van der Waals surface area contributed by atoms with E-state index in [1.54, 1.807) is 0 Å². The average Bonchev–Trinajstić information content (AvgIpc) is 2.71. The molecule has 0 aliphatic heterocycles. The minimum atomic E-state index is -1.01. The molecular formula is C12H17BrN2O3S. The minimum Gasteiger partial charge on any atom is -0.480 e. The van der Waals surface area contributed by atoms with Crippen LogP contribution in [0.15, 0.2) is 15.9 Å². The van der Waals surface area contributed by atoms with Crippen LogP contribution in [0.5, 0.6) is 0 Å². The van der Waals surface area contributed by atoms with Gasteiger partial charge in [-0.3, -0.25) is 0 Å². The van der Waals surface area contributed by atoms with Crippen molar-refractivity contribution in [3.8, 4) is 0 Å². The summed E-state index contributed by atoms with van der Waals surface area (Å²) in [5.41, 5.74) is 0. The van der Waals surface area contributed by atoms with Gasteiger partial charge in [-0.1, -0.05) is 13.8 Å². The molecular weight excluding hydrogens is 332 g/mol. The molecule has 1 rings (SSSR count). The SMILES string of the molecule is CC(C)C[C@@H](NC(=O)NCc1cc(Br)cs1)C(=O)O. The molecule has 0 aromatic carbocycles. The van der Waals surface area contributed by atoms with Gasteiger partial charge in [-0.15, -0.1) is 11.3 Å². The summed E-state index contributed by atoms with van der Waals surface area (Å²) >= 11 is 4.85. The van der Waals surface area contributed by atoms with Crippen LogP contribution in [0.25, 0.3) is 0 Å². The number of nitrogens with one attached hydrogen (secondary N) is 2. The molecule has 0 radical (unpaired) electrons. The zero-order chi connectivity index (χ0) is 14.4. The van der Waals surface area contributed by atoms with Crippen molar-refractivity contribution in [2.24, 2.45) is 5.92 Å². The number of carboxylic acid groups (broad SMARTS) is 1. The molecule has 0 bridgehead atoms. The lowest BCUT2D eigenvalue weighted by atomic mass is 10.0. The summed E-state index contributed by atoms with van der Waals surface area (Å²) < 4.78 is 0.970. The summed E-state index contributed by atoms with van der Waals surface area (Å²) in [7, 11) is 0. The van der Waals surface area contributed by atoms with Gasteiger partial charge in [0.05, 0.1) is 6.54 Å². The van der Waals surface area contributed by atoms with E-state index < -0.39 is 18.0 Å². The topological polar surface area (TPSA) is 78.4 Å². The number of rotatable bonds is 6. The van der Waals surface area contributed by atoms with Crippen LogP contribution in [0.1, 0.15) is 25.1 Å². The zero-order valence-electron chi connectivity index (χ0n) is 10.8. The summed E-state index contributed by atoms with van der Waals surface area (Å²) in [5.74, 6) is -0.808. The predicted molar refractivity (Wildman–Crippen MR) is 78.3 cm³/mol. The van der Waals surface area contributed by atoms with E-state index in [-0.39, 0.29) is 5.92 Å². The van der Waals surface area contributed by atoms with E-state index >= 15 is 0 Å². The van der Waals surface area contributed by atoms with Gasteiger partial charge < -0.3 is 15.7 Å². The van der Waals surface area contributed by atoms with Crippen LogP contribution < -0.4 is 10.6 Å². The van der Waals surface area contributed by atoms with E-state index in [2.05, 4.69) is 26.6 Å². The minimum absolute atomic E-state index is 0.203. The predicted octanol–water partition coefficient (Wildman–Crippen LogP) is 2.81. The summed E-state index contributed by atoms with van der Waals surface area (Å²) in [5, 5.41) is 16.1. The smallest absolute Gasteiger partial charge is 0.326 e. The number of carbonyl (C=O) groups excluding carboxylic acids is 1. The summed E-state index contributed by atoms with van der Waals surface area (Å²) in [6.45, 7) is 4.22. The third kappa shape index (κ3) is 6.07. The van der Waals surface area contributed by atoms with Gasteiger partial charge in [0.1, 0.15) is 6.04 Å². The Labute approximate surface area is 124 Å². The van der Waals surface area contributed by atoms with Gasteiger partial charge in [-0.2, -0.15) is 0 Å². The second kappa shape index (κ2) is 7.49. The van der Waals surface area contributed by atoms with E-state index in [1.807, 2.05) is 25.3 Å². The van der Waals surface area contributed by atoms with Crippen LogP contribution in [-0.2, 0) is 11.3 Å². The standard InChI is InChI=1S/C12H17BrN2O3S/c1-7(2)3-10(11(16)17)15-12(18)14-5-9-4-8(13)6-19-9/h4,6-7,10H,3,5H2,1-2H3,(H,16,17)(H2,14,15,18)/t10-/m1/s1. The Balaban J connectivity index is 2.42. The van der Waals surface area contributed by atoms with Crippen LogP contribution in [0.2, 0.25) is 0 Å². The lowest BCUT2D eigenvalue weighted by Crippen LogP contribution is -2.46. The van der Waals surface area contributed by atoms with Crippen molar-refractivity contribution in [3.05, 3.63) is 20.8 Å². The maximum Gasteiger partial charge on any atom is 0.326 e. The highest BCUT2D eigenvalue weighted by Gasteiger charge is 2.20. The van der Waals surface area contributed by atoms with Crippen molar-refractivity contribution in [1.29, 1.82) is 0 Å². The largest absolute Gasteiger partial charge is 0.480 e. The summed E-state index contributed by atoms with van der Waals surface area (Å²) in [6.07, 6.45) is 0.410. The number of carbonyl (C=O) groups is 2. The first-order valence-electron chi connectivity index (χ1n) is 5.88. The first-order valence-corrected chi connectivity index (χ1v) is 7.55. The van der Waals surface area contributed by atoms with Gasteiger partial charge in [0.15, 0.2) is 0 Å². The van der Waals surface area contributed by atoms with Gasteiger partial charge in [0.25, 0.3) is 0 Å². The highest BCUT2D eigenvalue weighted by molar-refractivity contribution is 9.10. The normalized spacial score (nSPS) is 12.2. The molecule has 1 aromatic rings. The number of aliphatic carboxylic acids is 1. The molecule has 0 aliphatic rings. The Morgan fingerprint density at radius 1 is 1.47 bits per heavy atom. The van der Waals surface area contributed by atoms with Gasteiger partial charge >= 0.3 is 12.0 Å². The third-order valence-electron chi connectivity index (χ3n) is 2.36. The molecule has 1 aromatic heterocycles. The highest BCUT2D eigenvalue weighted by atomic mass is 79.9. The Bertz CT molecular complexity index is 448. The Kier molecular flexibility index (Phi) is 6.30. The number of amides is 2. The fraction of sp³-hybridized carbons (Fsp3) is 0.500. The third-order valence-corrected chi connectivity index (χ3v) is 4.05. The molecule has 0 fully saturated rings. The molecule has 0 saturated carbocycles. The highest BCUT2D eigenvalue weighted by Crippen LogP contribution is 2.19. The number of hydrogen-bond acceptors (Lipinski definition) is 3. The van der Waals surface area contributed by atoms with Gasteiger partial charge in [0, 0.05) is 14.7 Å². The van der Waals surface area contributed by atoms with E-state index in [9.17, 15) is 9.59 Å². The van der Waals surface area contributed by atoms with Crippen molar-refractivity contribution in [2.75, 3.05) is 0 Å². The second-order valence-electron chi connectivity index (χ2n) is 4.58. The maximum atomic E-state index is 11.6. The first-order chi connectivity index (χ1) is 8.88. The Morgan fingerprint density at radius 2 is 2.16 bits per heavy atom. The average molecular weight is 349 g/mol. The van der Waals surface area contributed by atoms with Gasteiger partial charge in [-0.05, 0) is 34.3 Å². The van der Waals surface area contributed by atoms with E-state index in [0.717, 1.165) is 9.35 Å². The van der Waals surface area contributed by atoms with Gasteiger partial charge in [0.2, 0.25) is 0 Å². The van der Waals surface area contributed by atoms with Crippen LogP contribution in [0.3, 0.4) is 0 Å². The van der Waals surface area contributed by atoms with E-state index in [1.165, 1.54) is 11.3 Å². The maximum absolute atomic E-state index is 11.6. The molecule has 5 nitrogen and oxygen atoms in total. The summed E-state index contributed by atoms with van der Waals surface area (Å²) in [4.78, 5) is 23.6. The molecule has 1 atom stereocenters. The van der Waals surface area contributed by atoms with Gasteiger partial charge in [-0.25, -0.2) is 9.59 Å². The van der Waals surface area contributed by atoms with Crippen molar-refractivity contribution < 1.29 is 14.7 Å². The number of urea groups is 1. The lowest BCUT2D eigenvalue weighted by Gasteiger charge is -2.16. The van der Waals surface area contributed by atoms with Crippen LogP contribution >= 0.6 is 27.3 Å². The molecule has 7 heteroatoms. The van der Waals surface area contributed by atoms with Crippen LogP contribution in [0, 0.1) is 5.92 Å². The fourth-order valence-corrected chi connectivity index (χ4v) is 2.91. The molecule has 0 unspecified atom stereocenters. The van der Waals surface area contributed by atoms with Crippen molar-refractivity contribution in [2.45, 2.75) is 32.9 Å². The van der Waals surface area contributed by atoms with Crippen molar-refractivity contribution in [1.82, 2.24) is 10.6 Å². The molecule has 0 aliphatic carbocycles. The zero-order valence-corrected chi connectivity index (χ0v) is 13.2. The fourth-order valence-electron chi connectivity index (χ4n) is 1.52. The lowest BCUT2D eigenvalue weighted by molar-refractivity contribution is -0.139. The second-order valence-corrected chi connectivity index (χ2v) is 6.49. The monoisotopic (exact) mass is 348 g/mol. The molecule has 1 heterocycles. The molecule has 19 heavy (non-hydrogen) atoms. The quantitative estimate of drug-likeness (QED) is 0.739. The van der Waals surface area contributed by atoms with Crippen LogP contribution in [0.4, 0.5) is 4.79 Å². The Hall–Kier alpha value is -1.08. The number of thiophene rings is 1. The molecule has 2 amide bonds. The number of carboxylic acids is 1. The molecule has 0 spiro atoms. The first kappa shape index (κ1) is 16.0. The Morgan fingerprint density at radius 3 is 2.63 bits per heavy atom. The molecule has 3 N–H and O–H groups in total. The number of hydrogen-bond donors (Lipinski definition) is 3. The molecule has 0 saturated heterocycles. The van der Waals surface area contributed by atoms with Crippen LogP contribution in [-0.4, -0.2) is 23.1 Å². The van der Waals surface area contributed by atoms with E-state index in [0.29, 0.717) is 13.0 Å². The molecule has 106 valence electrons.